The van der Waals surface area contributed by atoms with Crippen LogP contribution in [0, 0.1) is 0 Å². The molecule has 2 aliphatic rings. The number of fused-ring (bicyclic) bond motifs is 1. The fourth-order valence-corrected chi connectivity index (χ4v) is 2.84. The van der Waals surface area contributed by atoms with E-state index in [1.54, 1.807) is 0 Å². The van der Waals surface area contributed by atoms with Gasteiger partial charge >= 0.3 is 7.12 Å². The number of amides is 1. The van der Waals surface area contributed by atoms with Crippen LogP contribution in [0.25, 0.3) is 0 Å². The highest BCUT2D eigenvalue weighted by Crippen LogP contribution is 2.39. The van der Waals surface area contributed by atoms with Crippen LogP contribution in [0.4, 0.5) is 5.69 Å². The Morgan fingerprint density at radius 3 is 2.70 bits per heavy atom. The third-order valence-electron chi connectivity index (χ3n) is 4.74. The predicted molar refractivity (Wildman–Crippen MR) is 79.1 cm³/mol. The Labute approximate surface area is 120 Å². The maximum atomic E-state index is 11.4. The molecule has 0 aliphatic carbocycles. The molecule has 1 saturated heterocycles. The molecule has 0 saturated carbocycles. The Morgan fingerprint density at radius 1 is 1.30 bits per heavy atom. The fourth-order valence-electron chi connectivity index (χ4n) is 2.84. The van der Waals surface area contributed by atoms with Crippen LogP contribution in [0.2, 0.25) is 0 Å². The van der Waals surface area contributed by atoms with Crippen molar-refractivity contribution in [3.63, 3.8) is 0 Å². The predicted octanol–water partition coefficient (Wildman–Crippen LogP) is 1.87. The minimum absolute atomic E-state index is 0.0455. The van der Waals surface area contributed by atoms with E-state index in [1.807, 2.05) is 18.2 Å². The number of nitrogens with one attached hydrogen (secondary N) is 1. The first-order valence-corrected chi connectivity index (χ1v) is 7.13. The smallest absolute Gasteiger partial charge is 0.399 e. The van der Waals surface area contributed by atoms with Gasteiger partial charge in [-0.15, -0.1) is 0 Å². The molecule has 20 heavy (non-hydrogen) atoms. The summed E-state index contributed by atoms with van der Waals surface area (Å²) < 4.78 is 12.3. The highest BCUT2D eigenvalue weighted by Gasteiger charge is 2.53. The SMILES string of the molecule is CCC1(C)OB(c2ccc3c(c2)CC(=O)N3)OC1(C)C. The zero-order valence-electron chi connectivity index (χ0n) is 12.4. The number of carbonyl (C=O) groups is 1. The summed E-state index contributed by atoms with van der Waals surface area (Å²) in [6, 6.07) is 5.90. The van der Waals surface area contributed by atoms with Crippen LogP contribution in [0.15, 0.2) is 18.2 Å². The summed E-state index contributed by atoms with van der Waals surface area (Å²) in [4.78, 5) is 11.4. The molecule has 1 aromatic rings. The van der Waals surface area contributed by atoms with Crippen LogP contribution in [0.5, 0.6) is 0 Å². The summed E-state index contributed by atoms with van der Waals surface area (Å²) in [5.41, 5.74) is 2.26. The van der Waals surface area contributed by atoms with Gasteiger partial charge in [-0.05, 0) is 44.3 Å². The minimum Gasteiger partial charge on any atom is -0.399 e. The minimum atomic E-state index is -0.365. The quantitative estimate of drug-likeness (QED) is 0.837. The molecule has 0 aromatic heterocycles. The second-order valence-electron chi connectivity index (χ2n) is 6.30. The molecule has 2 aliphatic heterocycles. The van der Waals surface area contributed by atoms with Crippen LogP contribution in [-0.4, -0.2) is 24.2 Å². The van der Waals surface area contributed by atoms with Gasteiger partial charge in [-0.25, -0.2) is 0 Å². The largest absolute Gasteiger partial charge is 0.494 e. The number of benzene rings is 1. The third kappa shape index (κ3) is 1.96. The summed E-state index contributed by atoms with van der Waals surface area (Å²) in [6.07, 6.45) is 1.33. The van der Waals surface area contributed by atoms with E-state index in [2.05, 4.69) is 33.0 Å². The lowest BCUT2D eigenvalue weighted by molar-refractivity contribution is -0.115. The summed E-state index contributed by atoms with van der Waals surface area (Å²) in [7, 11) is -0.365. The average Bonchev–Trinajstić information content (AvgIpc) is 2.86. The van der Waals surface area contributed by atoms with Crippen LogP contribution in [-0.2, 0) is 20.5 Å². The zero-order chi connectivity index (χ0) is 14.5. The molecule has 4 nitrogen and oxygen atoms in total. The van der Waals surface area contributed by atoms with Gasteiger partial charge in [-0.2, -0.15) is 0 Å². The van der Waals surface area contributed by atoms with Gasteiger partial charge in [0.15, 0.2) is 0 Å². The number of rotatable bonds is 2. The van der Waals surface area contributed by atoms with Gasteiger partial charge in [0.1, 0.15) is 0 Å². The van der Waals surface area contributed by atoms with Crippen molar-refractivity contribution in [3.8, 4) is 0 Å². The summed E-state index contributed by atoms with van der Waals surface area (Å²) in [5.74, 6) is 0.0455. The van der Waals surface area contributed by atoms with E-state index in [-0.39, 0.29) is 24.2 Å². The molecule has 1 amide bonds. The highest BCUT2D eigenvalue weighted by atomic mass is 16.7. The normalized spacial score (nSPS) is 27.6. The molecular formula is C15H20BNO3. The highest BCUT2D eigenvalue weighted by molar-refractivity contribution is 6.62. The second-order valence-corrected chi connectivity index (χ2v) is 6.30. The number of carbonyl (C=O) groups excluding carboxylic acids is 1. The Bertz CT molecular complexity index is 572. The molecule has 1 N–H and O–H groups in total. The van der Waals surface area contributed by atoms with E-state index in [1.165, 1.54) is 0 Å². The van der Waals surface area contributed by atoms with Crippen molar-refractivity contribution >= 4 is 24.2 Å². The van der Waals surface area contributed by atoms with Crippen molar-refractivity contribution in [3.05, 3.63) is 23.8 Å². The number of hydrogen-bond donors (Lipinski definition) is 1. The van der Waals surface area contributed by atoms with Gasteiger partial charge in [0, 0.05) is 5.69 Å². The van der Waals surface area contributed by atoms with E-state index in [0.29, 0.717) is 6.42 Å². The van der Waals surface area contributed by atoms with Crippen LogP contribution in [0.3, 0.4) is 0 Å². The molecule has 0 bridgehead atoms. The zero-order valence-corrected chi connectivity index (χ0v) is 12.4. The van der Waals surface area contributed by atoms with Gasteiger partial charge in [-0.1, -0.05) is 19.1 Å². The molecule has 1 aromatic carbocycles. The average molecular weight is 273 g/mol. The molecule has 1 fully saturated rings. The van der Waals surface area contributed by atoms with Crippen molar-refractivity contribution in [2.75, 3.05) is 5.32 Å². The van der Waals surface area contributed by atoms with Crippen LogP contribution in [0.1, 0.15) is 39.7 Å². The molecule has 1 unspecified atom stereocenters. The van der Waals surface area contributed by atoms with E-state index >= 15 is 0 Å². The molecule has 3 rings (SSSR count). The summed E-state index contributed by atoms with van der Waals surface area (Å²) in [5, 5.41) is 2.84. The molecule has 2 heterocycles. The molecule has 106 valence electrons. The van der Waals surface area contributed by atoms with Crippen molar-refractivity contribution in [1.29, 1.82) is 0 Å². The van der Waals surface area contributed by atoms with Crippen molar-refractivity contribution in [2.45, 2.75) is 51.7 Å². The first-order valence-electron chi connectivity index (χ1n) is 7.13. The van der Waals surface area contributed by atoms with Gasteiger partial charge in [0.2, 0.25) is 5.91 Å². The fraction of sp³-hybridized carbons (Fsp3) is 0.533. The standard InChI is InChI=1S/C15H20BNO3/c1-5-15(4)14(2,3)19-16(20-15)11-6-7-12-10(8-11)9-13(18)17-12/h6-8H,5,9H2,1-4H3,(H,17,18). The maximum Gasteiger partial charge on any atom is 0.494 e. The Kier molecular flexibility index (Phi) is 2.96. The Balaban J connectivity index is 1.89. The lowest BCUT2D eigenvalue weighted by Crippen LogP contribution is -2.44. The van der Waals surface area contributed by atoms with Gasteiger partial charge < -0.3 is 14.6 Å². The molecular weight excluding hydrogens is 253 g/mol. The lowest BCUT2D eigenvalue weighted by atomic mass is 9.78. The van der Waals surface area contributed by atoms with Gasteiger partial charge in [0.25, 0.3) is 0 Å². The Hall–Kier alpha value is -1.33. The van der Waals surface area contributed by atoms with Crippen molar-refractivity contribution < 1.29 is 14.1 Å². The van der Waals surface area contributed by atoms with Crippen molar-refractivity contribution in [2.24, 2.45) is 0 Å². The monoisotopic (exact) mass is 273 g/mol. The van der Waals surface area contributed by atoms with E-state index in [4.69, 9.17) is 9.31 Å². The molecule has 0 radical (unpaired) electrons. The maximum absolute atomic E-state index is 11.4. The van der Waals surface area contributed by atoms with Crippen LogP contribution < -0.4 is 10.8 Å². The van der Waals surface area contributed by atoms with Gasteiger partial charge in [0.05, 0.1) is 17.6 Å². The molecule has 5 heteroatoms. The summed E-state index contributed by atoms with van der Waals surface area (Å²) in [6.45, 7) is 8.33. The third-order valence-corrected chi connectivity index (χ3v) is 4.74. The molecule has 0 spiro atoms. The number of anilines is 1. The molecule has 1 atom stereocenters. The van der Waals surface area contributed by atoms with Crippen LogP contribution >= 0.6 is 0 Å². The number of hydrogen-bond acceptors (Lipinski definition) is 3. The second kappa shape index (κ2) is 4.33. The first kappa shape index (κ1) is 13.6. The first-order chi connectivity index (χ1) is 9.34. The Morgan fingerprint density at radius 2 is 2.05 bits per heavy atom. The van der Waals surface area contributed by atoms with E-state index < -0.39 is 0 Å². The van der Waals surface area contributed by atoms with E-state index in [9.17, 15) is 4.79 Å². The van der Waals surface area contributed by atoms with Crippen molar-refractivity contribution in [1.82, 2.24) is 0 Å². The summed E-state index contributed by atoms with van der Waals surface area (Å²) >= 11 is 0. The topological polar surface area (TPSA) is 47.6 Å². The van der Waals surface area contributed by atoms with E-state index in [0.717, 1.165) is 23.1 Å². The lowest BCUT2D eigenvalue weighted by Gasteiger charge is -2.35. The van der Waals surface area contributed by atoms with Gasteiger partial charge in [-0.3, -0.25) is 4.79 Å².